The number of likely N-dealkylation sites (tertiary alicyclic amines) is 1. The first-order valence-electron chi connectivity index (χ1n) is 13.5. The van der Waals surface area contributed by atoms with Crippen LogP contribution in [0, 0.1) is 5.92 Å². The average molecular weight is 486 g/mol. The van der Waals surface area contributed by atoms with Gasteiger partial charge in [0.1, 0.15) is 11.8 Å². The van der Waals surface area contributed by atoms with E-state index in [1.807, 2.05) is 46.8 Å². The lowest BCUT2D eigenvalue weighted by atomic mass is 9.68. The number of methoxy groups -OCH3 is 1. The number of piperidine rings is 1. The third-order valence-electron chi connectivity index (χ3n) is 7.51. The Bertz CT molecular complexity index is 1000. The maximum absolute atomic E-state index is 12.8. The van der Waals surface area contributed by atoms with Crippen LogP contribution in [0.5, 0.6) is 5.75 Å². The highest BCUT2D eigenvalue weighted by Crippen LogP contribution is 2.46. The smallest absolute Gasteiger partial charge is 0.329 e. The van der Waals surface area contributed by atoms with E-state index in [4.69, 9.17) is 9.47 Å². The first-order valence-corrected chi connectivity index (χ1v) is 13.5. The minimum atomic E-state index is -0.506. The van der Waals surface area contributed by atoms with E-state index in [-0.39, 0.29) is 17.3 Å². The summed E-state index contributed by atoms with van der Waals surface area (Å²) in [6.45, 7) is 12.4. The largest absolute Gasteiger partial charge is 0.497 e. The topological polar surface area (TPSA) is 83.7 Å². The van der Waals surface area contributed by atoms with E-state index < -0.39 is 6.04 Å². The maximum atomic E-state index is 12.8. The summed E-state index contributed by atoms with van der Waals surface area (Å²) in [4.78, 5) is 31.0. The third kappa shape index (κ3) is 5.06. The van der Waals surface area contributed by atoms with E-state index in [2.05, 4.69) is 21.3 Å². The fourth-order valence-corrected chi connectivity index (χ4v) is 5.52. The van der Waals surface area contributed by atoms with Crippen LogP contribution in [-0.2, 0) is 19.7 Å². The first kappa shape index (κ1) is 27.1. The summed E-state index contributed by atoms with van der Waals surface area (Å²) in [5, 5.41) is 4.59. The molecule has 1 aromatic heterocycles. The number of aromatic amines is 1. The summed E-state index contributed by atoms with van der Waals surface area (Å²) in [5.74, 6) is 1.09. The second-order valence-corrected chi connectivity index (χ2v) is 9.12. The number of aromatic nitrogens is 1. The van der Waals surface area contributed by atoms with Gasteiger partial charge < -0.3 is 19.4 Å². The van der Waals surface area contributed by atoms with Crippen LogP contribution in [0.3, 0.4) is 0 Å². The predicted octanol–water partition coefficient (Wildman–Crippen LogP) is 5.10. The van der Waals surface area contributed by atoms with Crippen LogP contribution in [-0.4, -0.2) is 55.1 Å². The van der Waals surface area contributed by atoms with E-state index in [1.165, 1.54) is 12.0 Å². The van der Waals surface area contributed by atoms with Crippen molar-refractivity contribution in [3.8, 4) is 5.75 Å². The molecule has 0 radical (unpaired) electrons. The standard InChI is InChI=1S/C24H31N3O4.2C2H6/c1-3-31-23(29)21-20-19(17-8-7-16(30-2)13-18(17)26-20)24(14-25-21)9-11-27(12-10-24)22(28)15-5-4-6-15;2*1-2/h7-8,13,15,21,25-26H,3-6,9-12,14H2,1-2H3;2*1-2H3. The van der Waals surface area contributed by atoms with Gasteiger partial charge in [-0.1, -0.05) is 34.1 Å². The fourth-order valence-electron chi connectivity index (χ4n) is 5.52. The highest BCUT2D eigenvalue weighted by molar-refractivity contribution is 5.91. The molecule has 3 heterocycles. The van der Waals surface area contributed by atoms with Crippen molar-refractivity contribution in [1.29, 1.82) is 0 Å². The lowest BCUT2D eigenvalue weighted by Crippen LogP contribution is -2.54. The van der Waals surface area contributed by atoms with Crippen LogP contribution in [0.4, 0.5) is 0 Å². The number of H-pyrrole nitrogens is 1. The molecule has 3 aliphatic rings. The Morgan fingerprint density at radius 3 is 2.37 bits per heavy atom. The van der Waals surface area contributed by atoms with E-state index in [1.54, 1.807) is 7.11 Å². The quantitative estimate of drug-likeness (QED) is 0.589. The van der Waals surface area contributed by atoms with Crippen molar-refractivity contribution in [2.75, 3.05) is 33.4 Å². The zero-order valence-corrected chi connectivity index (χ0v) is 22.3. The molecule has 1 saturated carbocycles. The predicted molar refractivity (Wildman–Crippen MR) is 140 cm³/mol. The molecule has 1 spiro atoms. The van der Waals surface area contributed by atoms with Crippen LogP contribution >= 0.6 is 0 Å². The Kier molecular flexibility index (Phi) is 9.22. The number of nitrogens with zero attached hydrogens (tertiary/aromatic N) is 1. The Morgan fingerprint density at radius 1 is 1.11 bits per heavy atom. The molecule has 0 bridgehead atoms. The van der Waals surface area contributed by atoms with Crippen molar-refractivity contribution in [3.63, 3.8) is 0 Å². The summed E-state index contributed by atoms with van der Waals surface area (Å²) in [7, 11) is 1.66. The van der Waals surface area contributed by atoms with Gasteiger partial charge in [0.25, 0.3) is 0 Å². The molecule has 1 atom stereocenters. The molecule has 1 unspecified atom stereocenters. The molecule has 1 aliphatic carbocycles. The summed E-state index contributed by atoms with van der Waals surface area (Å²) in [6.07, 6.45) is 5.03. The lowest BCUT2D eigenvalue weighted by Gasteiger charge is -2.47. The summed E-state index contributed by atoms with van der Waals surface area (Å²) in [5.41, 5.74) is 2.96. The summed E-state index contributed by atoms with van der Waals surface area (Å²) < 4.78 is 10.8. The van der Waals surface area contributed by atoms with Gasteiger partial charge in [-0.15, -0.1) is 0 Å². The van der Waals surface area contributed by atoms with Crippen molar-refractivity contribution in [2.45, 2.75) is 78.2 Å². The highest BCUT2D eigenvalue weighted by Gasteiger charge is 2.47. The molecular formula is C28H43N3O4. The van der Waals surface area contributed by atoms with E-state index in [9.17, 15) is 9.59 Å². The molecule has 35 heavy (non-hydrogen) atoms. The number of nitrogens with one attached hydrogen (secondary N) is 2. The maximum Gasteiger partial charge on any atom is 0.329 e. The van der Waals surface area contributed by atoms with E-state index in [0.717, 1.165) is 61.1 Å². The van der Waals surface area contributed by atoms with Gasteiger partial charge in [0.05, 0.1) is 13.7 Å². The second kappa shape index (κ2) is 11.9. The molecule has 2 aromatic rings. The molecule has 1 saturated heterocycles. The van der Waals surface area contributed by atoms with Gasteiger partial charge in [-0.2, -0.15) is 0 Å². The number of carbonyl (C=O) groups excluding carboxylic acids is 2. The number of hydrogen-bond acceptors (Lipinski definition) is 5. The number of amides is 1. The number of ether oxygens (including phenoxy) is 2. The van der Waals surface area contributed by atoms with Crippen molar-refractivity contribution in [3.05, 3.63) is 29.5 Å². The summed E-state index contributed by atoms with van der Waals surface area (Å²) >= 11 is 0. The number of hydrogen-bond donors (Lipinski definition) is 2. The molecule has 194 valence electrons. The van der Waals surface area contributed by atoms with Crippen molar-refractivity contribution in [1.82, 2.24) is 15.2 Å². The highest BCUT2D eigenvalue weighted by atomic mass is 16.5. The molecule has 7 heteroatoms. The summed E-state index contributed by atoms with van der Waals surface area (Å²) in [6, 6.07) is 5.54. The van der Waals surface area contributed by atoms with Crippen molar-refractivity contribution < 1.29 is 19.1 Å². The van der Waals surface area contributed by atoms with Crippen LogP contribution in [0.25, 0.3) is 10.9 Å². The molecule has 1 aromatic carbocycles. The van der Waals surface area contributed by atoms with Gasteiger partial charge in [0.2, 0.25) is 5.91 Å². The van der Waals surface area contributed by atoms with Gasteiger partial charge in [-0.25, -0.2) is 4.79 Å². The number of esters is 1. The van der Waals surface area contributed by atoms with Crippen LogP contribution in [0.15, 0.2) is 18.2 Å². The SMILES string of the molecule is CC.CC.CCOC(=O)C1NCC2(CCN(C(=O)C3CCC3)CC2)c2c1[nH]c1cc(OC)ccc21. The van der Waals surface area contributed by atoms with Gasteiger partial charge in [0.15, 0.2) is 0 Å². The lowest BCUT2D eigenvalue weighted by molar-refractivity contribution is -0.146. The monoisotopic (exact) mass is 485 g/mol. The van der Waals surface area contributed by atoms with E-state index >= 15 is 0 Å². The van der Waals surface area contributed by atoms with Crippen LogP contribution in [0.1, 0.15) is 84.0 Å². The molecule has 2 N–H and O–H groups in total. The van der Waals surface area contributed by atoms with E-state index in [0.29, 0.717) is 19.1 Å². The second-order valence-electron chi connectivity index (χ2n) is 9.12. The zero-order chi connectivity index (χ0) is 25.6. The Morgan fingerprint density at radius 2 is 1.80 bits per heavy atom. The van der Waals surface area contributed by atoms with Gasteiger partial charge in [-0.3, -0.25) is 10.1 Å². The van der Waals surface area contributed by atoms with Crippen molar-refractivity contribution in [2.24, 2.45) is 5.92 Å². The first-order chi connectivity index (χ1) is 17.1. The Balaban J connectivity index is 0.000000815. The minimum Gasteiger partial charge on any atom is -0.497 e. The number of rotatable bonds is 4. The van der Waals surface area contributed by atoms with Crippen LogP contribution in [0.2, 0.25) is 0 Å². The Hall–Kier alpha value is -2.54. The van der Waals surface area contributed by atoms with Gasteiger partial charge in [0, 0.05) is 53.6 Å². The molecule has 5 rings (SSSR count). The molecule has 2 aliphatic heterocycles. The Labute approximate surface area is 209 Å². The van der Waals surface area contributed by atoms with Gasteiger partial charge >= 0.3 is 5.97 Å². The molecule has 1 amide bonds. The molecule has 7 nitrogen and oxygen atoms in total. The zero-order valence-electron chi connectivity index (χ0n) is 22.3. The minimum absolute atomic E-state index is 0.110. The third-order valence-corrected chi connectivity index (χ3v) is 7.51. The number of benzene rings is 1. The molecular weight excluding hydrogens is 442 g/mol. The number of fused-ring (bicyclic) bond motifs is 4. The molecule has 2 fully saturated rings. The number of carbonyl (C=O) groups is 2. The van der Waals surface area contributed by atoms with Crippen LogP contribution < -0.4 is 10.1 Å². The normalized spacial score (nSPS) is 20.5. The average Bonchev–Trinajstić information content (AvgIpc) is 3.26. The van der Waals surface area contributed by atoms with Gasteiger partial charge in [-0.05, 0) is 50.3 Å². The fraction of sp³-hybridized carbons (Fsp3) is 0.643. The van der Waals surface area contributed by atoms with Crippen molar-refractivity contribution >= 4 is 22.8 Å².